The number of H-pyrrole nitrogens is 1. The van der Waals surface area contributed by atoms with Gasteiger partial charge in [-0.2, -0.15) is 5.26 Å². The summed E-state index contributed by atoms with van der Waals surface area (Å²) in [5.74, 6) is 0. The third-order valence-corrected chi connectivity index (χ3v) is 1.94. The van der Waals surface area contributed by atoms with E-state index < -0.39 is 24.4 Å². The van der Waals surface area contributed by atoms with Gasteiger partial charge >= 0.3 is 0 Å². The van der Waals surface area contributed by atoms with Crippen molar-refractivity contribution in [2.45, 2.75) is 12.2 Å². The molecule has 0 spiro atoms. The number of aromatic amines is 1. The second-order valence-electron chi connectivity index (χ2n) is 2.98. The predicted molar refractivity (Wildman–Crippen MR) is 49.8 cm³/mol. The second-order valence-corrected chi connectivity index (χ2v) is 2.98. The molecule has 1 aromatic heterocycles. The summed E-state index contributed by atoms with van der Waals surface area (Å²) >= 11 is 0. The number of aromatic nitrogens is 1. The number of pyridine rings is 1. The molecular weight excluding hydrogens is 200 g/mol. The Morgan fingerprint density at radius 2 is 2.20 bits per heavy atom. The summed E-state index contributed by atoms with van der Waals surface area (Å²) in [7, 11) is 0. The van der Waals surface area contributed by atoms with E-state index >= 15 is 0 Å². The number of aliphatic hydroxyl groups excluding tert-OH is 3. The lowest BCUT2D eigenvalue weighted by Gasteiger charge is -2.15. The normalized spacial score (nSPS) is 14.3. The fourth-order valence-corrected chi connectivity index (χ4v) is 1.08. The summed E-state index contributed by atoms with van der Waals surface area (Å²) in [5.41, 5.74) is -0.545. The molecule has 6 heteroatoms. The highest BCUT2D eigenvalue weighted by Gasteiger charge is 2.18. The van der Waals surface area contributed by atoms with Crippen LogP contribution in [0.1, 0.15) is 17.2 Å². The first-order valence-electron chi connectivity index (χ1n) is 4.20. The van der Waals surface area contributed by atoms with Crippen molar-refractivity contribution in [3.05, 3.63) is 33.7 Å². The first kappa shape index (κ1) is 11.4. The van der Waals surface area contributed by atoms with Gasteiger partial charge in [-0.05, 0) is 6.07 Å². The average Bonchev–Trinajstić information content (AvgIpc) is 2.27. The number of rotatable bonds is 3. The van der Waals surface area contributed by atoms with Gasteiger partial charge in [-0.1, -0.05) is 0 Å². The third-order valence-electron chi connectivity index (χ3n) is 1.94. The van der Waals surface area contributed by atoms with E-state index in [2.05, 4.69) is 4.98 Å². The number of hydrogen-bond acceptors (Lipinski definition) is 5. The zero-order valence-electron chi connectivity index (χ0n) is 7.71. The smallest absolute Gasteiger partial charge is 0.265 e. The Morgan fingerprint density at radius 1 is 1.53 bits per heavy atom. The van der Waals surface area contributed by atoms with Crippen molar-refractivity contribution in [1.82, 2.24) is 4.98 Å². The topological polar surface area (TPSA) is 117 Å². The zero-order valence-corrected chi connectivity index (χ0v) is 7.71. The van der Waals surface area contributed by atoms with E-state index in [1.165, 1.54) is 12.3 Å². The molecule has 4 N–H and O–H groups in total. The minimum Gasteiger partial charge on any atom is -0.394 e. The maximum atomic E-state index is 11.0. The van der Waals surface area contributed by atoms with Crippen molar-refractivity contribution >= 4 is 0 Å². The highest BCUT2D eigenvalue weighted by molar-refractivity contribution is 5.30. The Morgan fingerprint density at radius 3 is 2.73 bits per heavy atom. The van der Waals surface area contributed by atoms with Crippen LogP contribution in [0.25, 0.3) is 0 Å². The summed E-state index contributed by atoms with van der Waals surface area (Å²) in [5, 5.41) is 35.8. The molecule has 0 saturated heterocycles. The summed E-state index contributed by atoms with van der Waals surface area (Å²) in [4.78, 5) is 13.2. The molecule has 0 saturated carbocycles. The molecule has 2 atom stereocenters. The molecule has 0 aliphatic heterocycles. The Labute approximate surface area is 85.0 Å². The molecule has 1 aromatic rings. The van der Waals surface area contributed by atoms with Gasteiger partial charge in [-0.3, -0.25) is 4.79 Å². The maximum Gasteiger partial charge on any atom is 0.265 e. The van der Waals surface area contributed by atoms with Gasteiger partial charge in [0.25, 0.3) is 5.56 Å². The van der Waals surface area contributed by atoms with Crippen molar-refractivity contribution in [3.8, 4) is 6.07 Å². The largest absolute Gasteiger partial charge is 0.394 e. The van der Waals surface area contributed by atoms with Crippen LogP contribution in [-0.4, -0.2) is 33.0 Å². The fourth-order valence-electron chi connectivity index (χ4n) is 1.08. The van der Waals surface area contributed by atoms with Crippen molar-refractivity contribution < 1.29 is 15.3 Å². The molecule has 0 bridgehead atoms. The van der Waals surface area contributed by atoms with Crippen molar-refractivity contribution in [1.29, 1.82) is 5.26 Å². The SMILES string of the molecule is N#Cc1cc(C(O)C(O)CO)c[nH]c1=O. The minimum absolute atomic E-state index is 0.156. The quantitative estimate of drug-likeness (QED) is 0.491. The highest BCUT2D eigenvalue weighted by Crippen LogP contribution is 2.15. The molecule has 1 heterocycles. The Hall–Kier alpha value is -1.68. The van der Waals surface area contributed by atoms with Gasteiger partial charge in [-0.25, -0.2) is 0 Å². The molecule has 0 aliphatic rings. The highest BCUT2D eigenvalue weighted by atomic mass is 16.4. The molecule has 15 heavy (non-hydrogen) atoms. The fraction of sp³-hybridized carbons (Fsp3) is 0.333. The van der Waals surface area contributed by atoms with Gasteiger partial charge < -0.3 is 20.3 Å². The number of nitriles is 1. The molecule has 0 amide bonds. The van der Waals surface area contributed by atoms with Crippen LogP contribution in [-0.2, 0) is 0 Å². The first-order chi connectivity index (χ1) is 7.10. The van der Waals surface area contributed by atoms with E-state index in [1.807, 2.05) is 0 Å². The summed E-state index contributed by atoms with van der Waals surface area (Å²) in [6.45, 7) is -0.609. The standard InChI is InChI=1S/C9H10N2O4/c10-2-5-1-6(3-11-9(5)15)8(14)7(13)4-12/h1,3,7-8,12-14H,4H2,(H,11,15). The number of aliphatic hydroxyl groups is 3. The second kappa shape index (κ2) is 4.70. The third kappa shape index (κ3) is 2.41. The van der Waals surface area contributed by atoms with Crippen molar-refractivity contribution in [2.75, 3.05) is 6.61 Å². The molecule has 0 radical (unpaired) electrons. The molecule has 6 nitrogen and oxygen atoms in total. The van der Waals surface area contributed by atoms with Crippen LogP contribution in [0.2, 0.25) is 0 Å². The van der Waals surface area contributed by atoms with Gasteiger partial charge in [0.05, 0.1) is 6.61 Å². The van der Waals surface area contributed by atoms with Gasteiger partial charge in [0.15, 0.2) is 0 Å². The molecule has 0 fully saturated rings. The van der Waals surface area contributed by atoms with Crippen LogP contribution in [0.4, 0.5) is 0 Å². The van der Waals surface area contributed by atoms with Crippen LogP contribution < -0.4 is 5.56 Å². The van der Waals surface area contributed by atoms with E-state index in [9.17, 15) is 9.90 Å². The Balaban J connectivity index is 3.07. The molecular formula is C9H10N2O4. The van der Waals surface area contributed by atoms with E-state index in [0.29, 0.717) is 0 Å². The average molecular weight is 210 g/mol. The van der Waals surface area contributed by atoms with E-state index in [1.54, 1.807) is 6.07 Å². The van der Waals surface area contributed by atoms with Crippen LogP contribution in [0.15, 0.2) is 17.1 Å². The molecule has 80 valence electrons. The molecule has 0 aromatic carbocycles. The number of nitrogens with zero attached hydrogens (tertiary/aromatic N) is 1. The summed E-state index contributed by atoms with van der Waals surface area (Å²) in [6.07, 6.45) is -1.49. The lowest BCUT2D eigenvalue weighted by Crippen LogP contribution is -2.23. The maximum absolute atomic E-state index is 11.0. The molecule has 2 unspecified atom stereocenters. The van der Waals surface area contributed by atoms with E-state index in [-0.39, 0.29) is 11.1 Å². The molecule has 1 rings (SSSR count). The number of nitrogens with one attached hydrogen (secondary N) is 1. The van der Waals surface area contributed by atoms with E-state index in [0.717, 1.165) is 0 Å². The van der Waals surface area contributed by atoms with Crippen LogP contribution in [0, 0.1) is 11.3 Å². The zero-order chi connectivity index (χ0) is 11.4. The summed E-state index contributed by atoms with van der Waals surface area (Å²) in [6, 6.07) is 2.82. The van der Waals surface area contributed by atoms with Crippen molar-refractivity contribution in [2.24, 2.45) is 0 Å². The van der Waals surface area contributed by atoms with Crippen LogP contribution >= 0.6 is 0 Å². The Kier molecular flexibility index (Phi) is 3.57. The summed E-state index contributed by atoms with van der Waals surface area (Å²) < 4.78 is 0. The number of hydrogen-bond donors (Lipinski definition) is 4. The minimum atomic E-state index is -1.34. The first-order valence-corrected chi connectivity index (χ1v) is 4.20. The predicted octanol–water partition coefficient (Wildman–Crippen LogP) is -1.37. The van der Waals surface area contributed by atoms with Gasteiger partial charge in [0, 0.05) is 11.8 Å². The van der Waals surface area contributed by atoms with Crippen LogP contribution in [0.5, 0.6) is 0 Å². The van der Waals surface area contributed by atoms with Gasteiger partial charge in [-0.15, -0.1) is 0 Å². The lowest BCUT2D eigenvalue weighted by molar-refractivity contribution is -0.0154. The Bertz CT molecular complexity index is 434. The van der Waals surface area contributed by atoms with Crippen LogP contribution in [0.3, 0.4) is 0 Å². The van der Waals surface area contributed by atoms with E-state index in [4.69, 9.17) is 15.5 Å². The van der Waals surface area contributed by atoms with Crippen molar-refractivity contribution in [3.63, 3.8) is 0 Å². The van der Waals surface area contributed by atoms with Gasteiger partial charge in [0.1, 0.15) is 23.8 Å². The lowest BCUT2D eigenvalue weighted by atomic mass is 10.1. The molecule has 0 aliphatic carbocycles. The van der Waals surface area contributed by atoms with Gasteiger partial charge in [0.2, 0.25) is 0 Å². The monoisotopic (exact) mass is 210 g/mol.